The predicted octanol–water partition coefficient (Wildman–Crippen LogP) is 2.72. The molecule has 4 rings (SSSR count). The highest BCUT2D eigenvalue weighted by molar-refractivity contribution is 5.92. The molecule has 1 N–H and O–H groups in total. The molecule has 1 amide bonds. The molecule has 174 valence electrons. The Morgan fingerprint density at radius 2 is 1.67 bits per heavy atom. The maximum atomic E-state index is 12.3. The lowest BCUT2D eigenvalue weighted by molar-refractivity contribution is -0.117. The molecule has 0 radical (unpaired) electrons. The number of piperazine rings is 1. The molecule has 1 fully saturated rings. The van der Waals surface area contributed by atoms with E-state index in [-0.39, 0.29) is 12.5 Å². The third-order valence-electron chi connectivity index (χ3n) is 5.46. The second-order valence-corrected chi connectivity index (χ2v) is 8.04. The monoisotopic (exact) mass is 451 g/mol. The molecular weight excluding hydrogens is 422 g/mol. The number of benzene rings is 2. The molecule has 33 heavy (non-hydrogen) atoms. The molecule has 2 heterocycles. The molecule has 3 aromatic rings. The van der Waals surface area contributed by atoms with Crippen LogP contribution in [-0.4, -0.2) is 65.7 Å². The van der Waals surface area contributed by atoms with E-state index in [1.165, 1.54) is 5.56 Å². The van der Waals surface area contributed by atoms with Crippen molar-refractivity contribution < 1.29 is 18.8 Å². The van der Waals surface area contributed by atoms with Crippen molar-refractivity contribution >= 4 is 11.6 Å². The first-order valence-electron chi connectivity index (χ1n) is 11.0. The lowest BCUT2D eigenvalue weighted by Crippen LogP contribution is -2.48. The summed E-state index contributed by atoms with van der Waals surface area (Å²) in [7, 11) is 1.62. The SMILES string of the molecule is COc1ccc(OCc2noc(CN3CCN(CC(=O)Nc4ccc(C)cc4)CC3)n2)cc1. The summed E-state index contributed by atoms with van der Waals surface area (Å²) in [6, 6.07) is 15.2. The minimum atomic E-state index is 0.00528. The van der Waals surface area contributed by atoms with Gasteiger partial charge in [0.2, 0.25) is 17.6 Å². The van der Waals surface area contributed by atoms with Crippen molar-refractivity contribution in [2.75, 3.05) is 45.2 Å². The zero-order valence-electron chi connectivity index (χ0n) is 19.0. The molecule has 1 aliphatic heterocycles. The van der Waals surface area contributed by atoms with E-state index >= 15 is 0 Å². The minimum Gasteiger partial charge on any atom is -0.497 e. The summed E-state index contributed by atoms with van der Waals surface area (Å²) in [6.07, 6.45) is 0. The number of amides is 1. The highest BCUT2D eigenvalue weighted by atomic mass is 16.5. The average Bonchev–Trinajstić information content (AvgIpc) is 3.28. The van der Waals surface area contributed by atoms with Crippen molar-refractivity contribution in [3.63, 3.8) is 0 Å². The van der Waals surface area contributed by atoms with E-state index in [4.69, 9.17) is 14.0 Å². The molecule has 2 aromatic carbocycles. The Labute approximate surface area is 193 Å². The summed E-state index contributed by atoms with van der Waals surface area (Å²) >= 11 is 0. The van der Waals surface area contributed by atoms with Crippen LogP contribution in [0.5, 0.6) is 11.5 Å². The first kappa shape index (κ1) is 22.8. The van der Waals surface area contributed by atoms with Gasteiger partial charge in [0.05, 0.1) is 20.2 Å². The molecule has 0 spiro atoms. The Morgan fingerprint density at radius 1 is 1.00 bits per heavy atom. The van der Waals surface area contributed by atoms with Crippen LogP contribution in [0.4, 0.5) is 5.69 Å². The van der Waals surface area contributed by atoms with E-state index in [9.17, 15) is 4.79 Å². The fourth-order valence-corrected chi connectivity index (χ4v) is 3.57. The van der Waals surface area contributed by atoms with E-state index in [1.54, 1.807) is 7.11 Å². The summed E-state index contributed by atoms with van der Waals surface area (Å²) in [5.41, 5.74) is 2.00. The number of aryl methyl sites for hydroxylation is 1. The maximum absolute atomic E-state index is 12.3. The van der Waals surface area contributed by atoms with Crippen LogP contribution < -0.4 is 14.8 Å². The standard InChI is InChI=1S/C24H29N5O4/c1-18-3-5-19(6-4-18)25-23(30)15-28-11-13-29(14-12-28)16-24-26-22(27-33-24)17-32-21-9-7-20(31-2)8-10-21/h3-10H,11-17H2,1-2H3,(H,25,30). The van der Waals surface area contributed by atoms with E-state index in [2.05, 4.69) is 25.3 Å². The molecule has 9 nitrogen and oxygen atoms in total. The molecule has 0 aliphatic carbocycles. The van der Waals surface area contributed by atoms with Gasteiger partial charge in [0.25, 0.3) is 0 Å². The van der Waals surface area contributed by atoms with Gasteiger partial charge in [-0.25, -0.2) is 0 Å². The van der Waals surface area contributed by atoms with Gasteiger partial charge in [0.1, 0.15) is 11.5 Å². The topological polar surface area (TPSA) is 93.0 Å². The fraction of sp³-hybridized carbons (Fsp3) is 0.375. The number of aromatic nitrogens is 2. The summed E-state index contributed by atoms with van der Waals surface area (Å²) in [6.45, 7) is 6.51. The minimum absolute atomic E-state index is 0.00528. The highest BCUT2D eigenvalue weighted by Crippen LogP contribution is 2.18. The quantitative estimate of drug-likeness (QED) is 0.531. The van der Waals surface area contributed by atoms with Gasteiger partial charge in [-0.05, 0) is 43.3 Å². The molecule has 1 aliphatic rings. The normalized spacial score (nSPS) is 14.7. The molecule has 0 bridgehead atoms. The van der Waals surface area contributed by atoms with Crippen molar-refractivity contribution in [1.82, 2.24) is 19.9 Å². The fourth-order valence-electron chi connectivity index (χ4n) is 3.57. The molecule has 1 aromatic heterocycles. The molecule has 9 heteroatoms. The van der Waals surface area contributed by atoms with Crippen LogP contribution in [0.2, 0.25) is 0 Å². The Hall–Kier alpha value is -3.43. The highest BCUT2D eigenvalue weighted by Gasteiger charge is 2.21. The van der Waals surface area contributed by atoms with Crippen LogP contribution in [0, 0.1) is 6.92 Å². The zero-order valence-corrected chi connectivity index (χ0v) is 19.0. The number of rotatable bonds is 9. The summed E-state index contributed by atoms with van der Waals surface area (Å²) in [4.78, 5) is 21.1. The lowest BCUT2D eigenvalue weighted by atomic mass is 10.2. The van der Waals surface area contributed by atoms with E-state index in [0.29, 0.717) is 30.6 Å². The van der Waals surface area contributed by atoms with Crippen molar-refractivity contribution in [2.24, 2.45) is 0 Å². The van der Waals surface area contributed by atoms with Gasteiger partial charge in [-0.2, -0.15) is 4.98 Å². The average molecular weight is 452 g/mol. The summed E-state index contributed by atoms with van der Waals surface area (Å²) in [5, 5.41) is 6.96. The van der Waals surface area contributed by atoms with Gasteiger partial charge in [0, 0.05) is 31.9 Å². The second kappa shape index (κ2) is 10.9. The number of carbonyl (C=O) groups excluding carboxylic acids is 1. The Morgan fingerprint density at radius 3 is 2.36 bits per heavy atom. The third kappa shape index (κ3) is 6.77. The van der Waals surface area contributed by atoms with E-state index in [1.807, 2.05) is 55.5 Å². The van der Waals surface area contributed by atoms with Crippen molar-refractivity contribution in [3.8, 4) is 11.5 Å². The third-order valence-corrected chi connectivity index (χ3v) is 5.46. The van der Waals surface area contributed by atoms with Crippen molar-refractivity contribution in [1.29, 1.82) is 0 Å². The number of anilines is 1. The summed E-state index contributed by atoms with van der Waals surface area (Å²) < 4.78 is 16.2. The molecule has 0 saturated carbocycles. The Bertz CT molecular complexity index is 1030. The lowest BCUT2D eigenvalue weighted by Gasteiger charge is -2.33. The Kier molecular flexibility index (Phi) is 7.54. The molecular formula is C24H29N5O4. The van der Waals surface area contributed by atoms with Gasteiger partial charge in [-0.1, -0.05) is 22.9 Å². The van der Waals surface area contributed by atoms with Crippen molar-refractivity contribution in [2.45, 2.75) is 20.1 Å². The van der Waals surface area contributed by atoms with Crippen LogP contribution >= 0.6 is 0 Å². The van der Waals surface area contributed by atoms with Gasteiger partial charge in [0.15, 0.2) is 6.61 Å². The second-order valence-electron chi connectivity index (χ2n) is 8.04. The van der Waals surface area contributed by atoms with Crippen LogP contribution in [0.25, 0.3) is 0 Å². The van der Waals surface area contributed by atoms with Crippen LogP contribution in [-0.2, 0) is 17.9 Å². The maximum Gasteiger partial charge on any atom is 0.240 e. The Balaban J connectivity index is 1.17. The molecule has 1 saturated heterocycles. The van der Waals surface area contributed by atoms with E-state index < -0.39 is 0 Å². The number of hydrogen-bond donors (Lipinski definition) is 1. The smallest absolute Gasteiger partial charge is 0.240 e. The van der Waals surface area contributed by atoms with Gasteiger partial charge in [-0.3, -0.25) is 14.6 Å². The van der Waals surface area contributed by atoms with Crippen molar-refractivity contribution in [3.05, 3.63) is 65.8 Å². The zero-order chi connectivity index (χ0) is 23.0. The number of nitrogens with zero attached hydrogens (tertiary/aromatic N) is 4. The number of ether oxygens (including phenoxy) is 2. The number of carbonyl (C=O) groups is 1. The molecule has 0 unspecified atom stereocenters. The van der Waals surface area contributed by atoms with Crippen LogP contribution in [0.3, 0.4) is 0 Å². The molecule has 0 atom stereocenters. The number of hydrogen-bond acceptors (Lipinski definition) is 8. The van der Waals surface area contributed by atoms with Crippen LogP contribution in [0.1, 0.15) is 17.3 Å². The largest absolute Gasteiger partial charge is 0.497 e. The first-order valence-corrected chi connectivity index (χ1v) is 11.0. The number of nitrogens with one attached hydrogen (secondary N) is 1. The first-order chi connectivity index (χ1) is 16.1. The number of methoxy groups -OCH3 is 1. The predicted molar refractivity (Wildman–Crippen MR) is 123 cm³/mol. The van der Waals surface area contributed by atoms with Crippen LogP contribution in [0.15, 0.2) is 53.1 Å². The van der Waals surface area contributed by atoms with E-state index in [0.717, 1.165) is 37.6 Å². The van der Waals surface area contributed by atoms with Gasteiger partial charge in [-0.15, -0.1) is 0 Å². The van der Waals surface area contributed by atoms with Gasteiger partial charge < -0.3 is 19.3 Å². The van der Waals surface area contributed by atoms with Gasteiger partial charge >= 0.3 is 0 Å². The summed E-state index contributed by atoms with van der Waals surface area (Å²) in [5.74, 6) is 2.56.